The molecule has 0 bridgehead atoms. The van der Waals surface area contributed by atoms with Gasteiger partial charge in [0, 0.05) is 6.54 Å². The Morgan fingerprint density at radius 1 is 1.36 bits per heavy atom. The molecule has 1 aromatic carbocycles. The van der Waals surface area contributed by atoms with Gasteiger partial charge in [-0.2, -0.15) is 0 Å². The second kappa shape index (κ2) is 8.48. The Kier molecular flexibility index (Phi) is 6.24. The fourth-order valence-corrected chi connectivity index (χ4v) is 4.89. The number of nitrogens with one attached hydrogen (secondary N) is 2. The molecule has 0 unspecified atom stereocenters. The maximum atomic E-state index is 13.3. The van der Waals surface area contributed by atoms with E-state index >= 15 is 0 Å². The minimum Gasteiger partial charge on any atom is -0.360 e. The van der Waals surface area contributed by atoms with Crippen molar-refractivity contribution in [1.82, 2.24) is 10.2 Å². The van der Waals surface area contributed by atoms with Gasteiger partial charge in [0.25, 0.3) is 0 Å². The molecule has 3 rings (SSSR count). The summed E-state index contributed by atoms with van der Waals surface area (Å²) >= 11 is 2.81. The Bertz CT molecular complexity index is 868. The quantitative estimate of drug-likeness (QED) is 0.521. The molecule has 1 aliphatic rings. The van der Waals surface area contributed by atoms with Gasteiger partial charge in [-0.05, 0) is 39.3 Å². The highest BCUT2D eigenvalue weighted by molar-refractivity contribution is 8.02. The number of carbonyl (C=O) groups excluding carboxylic acids is 2. The zero-order chi connectivity index (χ0) is 20.3. The Morgan fingerprint density at radius 3 is 2.86 bits per heavy atom. The summed E-state index contributed by atoms with van der Waals surface area (Å²) in [5, 5.41) is 14.8. The van der Waals surface area contributed by atoms with Crippen molar-refractivity contribution in [3.8, 4) is 0 Å². The average Bonchev–Trinajstić information content (AvgIpc) is 3.09. The smallest absolute Gasteiger partial charge is 0.250 e. The van der Waals surface area contributed by atoms with Crippen LogP contribution in [0.4, 0.5) is 16.5 Å². The number of para-hydroxylation sites is 2. The molecule has 0 fully saturated rings. The Balaban J connectivity index is 1.76. The molecular formula is C19H25N5O2S2. The standard InChI is InChI=1S/C19H25N5O2S2/c1-5-6-11-20-17-22-23-18(28-17)27-12(2)15(25)24-14-10-8-7-9-13(14)21-16(26)19(24,3)4/h7-10,12H,5-6,11H2,1-4H3,(H,20,22)(H,21,26)/t12-/m1/s1. The maximum Gasteiger partial charge on any atom is 0.250 e. The number of unbranched alkanes of at least 4 members (excludes halogenated alkanes) is 1. The van der Waals surface area contributed by atoms with Crippen molar-refractivity contribution in [1.29, 1.82) is 0 Å². The molecule has 0 spiro atoms. The normalized spacial score (nSPS) is 16.3. The topological polar surface area (TPSA) is 87.2 Å². The molecule has 2 N–H and O–H groups in total. The van der Waals surface area contributed by atoms with Gasteiger partial charge in [0.05, 0.1) is 16.6 Å². The average molecular weight is 420 g/mol. The summed E-state index contributed by atoms with van der Waals surface area (Å²) in [7, 11) is 0. The van der Waals surface area contributed by atoms with Crippen LogP contribution in [0.15, 0.2) is 28.6 Å². The number of hydrogen-bond acceptors (Lipinski definition) is 7. The summed E-state index contributed by atoms with van der Waals surface area (Å²) in [6, 6.07) is 7.36. The number of carbonyl (C=O) groups is 2. The second-order valence-electron chi connectivity index (χ2n) is 7.12. The lowest BCUT2D eigenvalue weighted by Gasteiger charge is -2.42. The fourth-order valence-electron chi connectivity index (χ4n) is 2.93. The lowest BCUT2D eigenvalue weighted by atomic mass is 9.96. The molecule has 0 aliphatic carbocycles. The Labute approximate surface area is 173 Å². The molecule has 0 saturated carbocycles. The molecule has 0 saturated heterocycles. The summed E-state index contributed by atoms with van der Waals surface area (Å²) in [5.41, 5.74) is 0.383. The van der Waals surface area contributed by atoms with Crippen LogP contribution < -0.4 is 15.5 Å². The van der Waals surface area contributed by atoms with E-state index in [1.54, 1.807) is 24.8 Å². The van der Waals surface area contributed by atoms with Gasteiger partial charge in [-0.25, -0.2) is 0 Å². The summed E-state index contributed by atoms with van der Waals surface area (Å²) in [5.74, 6) is -0.330. The zero-order valence-electron chi connectivity index (χ0n) is 16.5. The number of amides is 2. The van der Waals surface area contributed by atoms with E-state index in [9.17, 15) is 9.59 Å². The summed E-state index contributed by atoms with van der Waals surface area (Å²) < 4.78 is 0.729. The first-order chi connectivity index (χ1) is 13.3. The molecule has 0 radical (unpaired) electrons. The van der Waals surface area contributed by atoms with Crippen LogP contribution in [0.2, 0.25) is 0 Å². The van der Waals surface area contributed by atoms with Crippen molar-refractivity contribution in [3.63, 3.8) is 0 Å². The minimum absolute atomic E-state index is 0.131. The van der Waals surface area contributed by atoms with Gasteiger partial charge in [-0.1, -0.05) is 48.6 Å². The SMILES string of the molecule is CCCCNc1nnc(S[C@H](C)C(=O)N2c3ccccc3NC(=O)C2(C)C)s1. The number of benzene rings is 1. The Morgan fingerprint density at radius 2 is 2.11 bits per heavy atom. The molecule has 2 amide bonds. The van der Waals surface area contributed by atoms with Crippen molar-refractivity contribution in [2.24, 2.45) is 0 Å². The predicted octanol–water partition coefficient (Wildman–Crippen LogP) is 3.99. The number of nitrogens with zero attached hydrogens (tertiary/aromatic N) is 3. The van der Waals surface area contributed by atoms with Crippen LogP contribution in [0.3, 0.4) is 0 Å². The van der Waals surface area contributed by atoms with E-state index in [4.69, 9.17) is 0 Å². The van der Waals surface area contributed by atoms with Crippen LogP contribution >= 0.6 is 23.1 Å². The van der Waals surface area contributed by atoms with E-state index in [2.05, 4.69) is 27.8 Å². The second-order valence-corrected chi connectivity index (χ2v) is 9.68. The van der Waals surface area contributed by atoms with Gasteiger partial charge >= 0.3 is 0 Å². The number of rotatable bonds is 7. The lowest BCUT2D eigenvalue weighted by molar-refractivity contribution is -0.126. The van der Waals surface area contributed by atoms with Gasteiger partial charge in [-0.3, -0.25) is 14.5 Å². The number of hydrogen-bond donors (Lipinski definition) is 2. The van der Waals surface area contributed by atoms with Gasteiger partial charge < -0.3 is 10.6 Å². The van der Waals surface area contributed by atoms with Crippen molar-refractivity contribution < 1.29 is 9.59 Å². The van der Waals surface area contributed by atoms with Crippen molar-refractivity contribution in [3.05, 3.63) is 24.3 Å². The van der Waals surface area contributed by atoms with E-state index in [0.717, 1.165) is 28.9 Å². The van der Waals surface area contributed by atoms with Crippen LogP contribution in [0, 0.1) is 0 Å². The van der Waals surface area contributed by atoms with E-state index in [1.807, 2.05) is 25.1 Å². The number of fused-ring (bicyclic) bond motifs is 1. The molecule has 150 valence electrons. The molecule has 2 heterocycles. The summed E-state index contributed by atoms with van der Waals surface area (Å²) in [6.07, 6.45) is 2.18. The number of anilines is 3. The van der Waals surface area contributed by atoms with Crippen molar-refractivity contribution in [2.75, 3.05) is 22.1 Å². The first-order valence-corrected chi connectivity index (χ1v) is 11.0. The fraction of sp³-hybridized carbons (Fsp3) is 0.474. The zero-order valence-corrected chi connectivity index (χ0v) is 18.1. The minimum atomic E-state index is -0.978. The molecule has 1 aliphatic heterocycles. The van der Waals surface area contributed by atoms with Gasteiger partial charge in [-0.15, -0.1) is 10.2 Å². The summed E-state index contributed by atoms with van der Waals surface area (Å²) in [4.78, 5) is 27.5. The molecule has 7 nitrogen and oxygen atoms in total. The molecule has 1 atom stereocenters. The highest BCUT2D eigenvalue weighted by Gasteiger charge is 2.44. The van der Waals surface area contributed by atoms with E-state index in [1.165, 1.54) is 23.1 Å². The maximum absolute atomic E-state index is 13.3. The van der Waals surface area contributed by atoms with Gasteiger partial charge in [0.2, 0.25) is 16.9 Å². The molecular weight excluding hydrogens is 394 g/mol. The molecule has 1 aromatic heterocycles. The van der Waals surface area contributed by atoms with Crippen LogP contribution in [0.25, 0.3) is 0 Å². The summed E-state index contributed by atoms with van der Waals surface area (Å²) in [6.45, 7) is 8.35. The molecule has 9 heteroatoms. The van der Waals surface area contributed by atoms with Crippen LogP contribution in [-0.4, -0.2) is 39.3 Å². The monoisotopic (exact) mass is 419 g/mol. The van der Waals surface area contributed by atoms with Crippen LogP contribution in [-0.2, 0) is 9.59 Å². The lowest BCUT2D eigenvalue weighted by Crippen LogP contribution is -2.60. The molecule has 2 aromatic rings. The highest BCUT2D eigenvalue weighted by Crippen LogP contribution is 2.39. The van der Waals surface area contributed by atoms with Gasteiger partial charge in [0.15, 0.2) is 4.34 Å². The van der Waals surface area contributed by atoms with Crippen molar-refractivity contribution >= 4 is 51.4 Å². The van der Waals surface area contributed by atoms with Crippen LogP contribution in [0.5, 0.6) is 0 Å². The van der Waals surface area contributed by atoms with Crippen molar-refractivity contribution in [2.45, 2.75) is 55.7 Å². The van der Waals surface area contributed by atoms with E-state index in [0.29, 0.717) is 11.4 Å². The van der Waals surface area contributed by atoms with E-state index < -0.39 is 10.8 Å². The van der Waals surface area contributed by atoms with E-state index in [-0.39, 0.29) is 11.8 Å². The first kappa shape index (κ1) is 20.6. The highest BCUT2D eigenvalue weighted by atomic mass is 32.2. The number of thioether (sulfide) groups is 1. The predicted molar refractivity (Wildman–Crippen MR) is 115 cm³/mol. The largest absolute Gasteiger partial charge is 0.360 e. The third-order valence-electron chi connectivity index (χ3n) is 4.57. The van der Waals surface area contributed by atoms with Gasteiger partial charge in [0.1, 0.15) is 5.54 Å². The first-order valence-electron chi connectivity index (χ1n) is 9.33. The third-order valence-corrected chi connectivity index (χ3v) is 6.62. The third kappa shape index (κ3) is 4.15. The molecule has 28 heavy (non-hydrogen) atoms. The Hall–Kier alpha value is -2.13. The number of aromatic nitrogens is 2. The van der Waals surface area contributed by atoms with Crippen LogP contribution in [0.1, 0.15) is 40.5 Å².